The zero-order valence-electron chi connectivity index (χ0n) is 11.6. The molecule has 1 aliphatic heterocycles. The average molecular weight is 326 g/mol. The fourth-order valence-electron chi connectivity index (χ4n) is 2.47. The van der Waals surface area contributed by atoms with Gasteiger partial charge in [-0.2, -0.15) is 5.10 Å². The van der Waals surface area contributed by atoms with Crippen LogP contribution in [0.3, 0.4) is 0 Å². The summed E-state index contributed by atoms with van der Waals surface area (Å²) in [5.74, 6) is 0.532. The molecule has 22 heavy (non-hydrogen) atoms. The minimum atomic E-state index is -3.73. The third-order valence-electron chi connectivity index (χ3n) is 3.48. The zero-order valence-corrected chi connectivity index (χ0v) is 12.4. The Bertz CT molecular complexity index is 708. The molecule has 0 aliphatic carbocycles. The molecule has 118 valence electrons. The van der Waals surface area contributed by atoms with Crippen LogP contribution in [0.1, 0.15) is 6.42 Å². The first-order valence-corrected chi connectivity index (χ1v) is 8.26. The van der Waals surface area contributed by atoms with Crippen molar-refractivity contribution in [3.05, 3.63) is 36.7 Å². The first kappa shape index (κ1) is 14.9. The maximum atomic E-state index is 13.7. The Hall–Kier alpha value is -2.00. The lowest BCUT2D eigenvalue weighted by atomic mass is 10.2. The van der Waals surface area contributed by atoms with Crippen LogP contribution in [0.4, 0.5) is 10.2 Å². The molecule has 0 spiro atoms. The SMILES string of the molecule is O=S(=O)(NC[C@@H]1C[C@H](F)CN1c1cccnn1)c1ccco1. The van der Waals surface area contributed by atoms with Crippen LogP contribution in [0, 0.1) is 0 Å². The standard InChI is InChI=1S/C13H15FN4O3S/c14-10-7-11(18(9-10)12-3-1-5-15-17-12)8-16-22(19,20)13-4-2-6-21-13/h1-6,10-11,16H,7-9H2/t10-,11-/m0/s1. The summed E-state index contributed by atoms with van der Waals surface area (Å²) in [5.41, 5.74) is 0. The van der Waals surface area contributed by atoms with Gasteiger partial charge in [-0.3, -0.25) is 0 Å². The van der Waals surface area contributed by atoms with Gasteiger partial charge in [0.2, 0.25) is 5.09 Å². The second-order valence-electron chi connectivity index (χ2n) is 5.01. The number of anilines is 1. The summed E-state index contributed by atoms with van der Waals surface area (Å²) in [6.07, 6.45) is 2.02. The van der Waals surface area contributed by atoms with Crippen molar-refractivity contribution in [2.45, 2.75) is 23.7 Å². The van der Waals surface area contributed by atoms with Crippen LogP contribution < -0.4 is 9.62 Å². The third-order valence-corrected chi connectivity index (χ3v) is 4.79. The average Bonchev–Trinajstić information content (AvgIpc) is 3.16. The van der Waals surface area contributed by atoms with Crippen LogP contribution in [0.15, 0.2) is 46.2 Å². The van der Waals surface area contributed by atoms with Crippen molar-refractivity contribution >= 4 is 15.8 Å². The molecule has 0 unspecified atom stereocenters. The monoisotopic (exact) mass is 326 g/mol. The molecule has 0 amide bonds. The molecule has 3 rings (SSSR count). The summed E-state index contributed by atoms with van der Waals surface area (Å²) in [7, 11) is -3.73. The molecular weight excluding hydrogens is 311 g/mol. The van der Waals surface area contributed by atoms with E-state index < -0.39 is 16.2 Å². The van der Waals surface area contributed by atoms with Gasteiger partial charge in [-0.15, -0.1) is 5.10 Å². The number of furan rings is 1. The highest BCUT2D eigenvalue weighted by molar-refractivity contribution is 7.89. The van der Waals surface area contributed by atoms with E-state index in [2.05, 4.69) is 14.9 Å². The molecule has 0 aromatic carbocycles. The highest BCUT2D eigenvalue weighted by Gasteiger charge is 2.34. The van der Waals surface area contributed by atoms with Crippen LogP contribution >= 0.6 is 0 Å². The lowest BCUT2D eigenvalue weighted by Gasteiger charge is -2.24. The molecule has 9 heteroatoms. The minimum Gasteiger partial charge on any atom is -0.452 e. The summed E-state index contributed by atoms with van der Waals surface area (Å²) >= 11 is 0. The van der Waals surface area contributed by atoms with Gasteiger partial charge >= 0.3 is 0 Å². The van der Waals surface area contributed by atoms with Gasteiger partial charge in [0.15, 0.2) is 5.82 Å². The fraction of sp³-hybridized carbons (Fsp3) is 0.385. The van der Waals surface area contributed by atoms with Crippen molar-refractivity contribution in [3.63, 3.8) is 0 Å². The van der Waals surface area contributed by atoms with E-state index in [9.17, 15) is 12.8 Å². The third kappa shape index (κ3) is 3.09. The topological polar surface area (TPSA) is 88.3 Å². The van der Waals surface area contributed by atoms with Gasteiger partial charge in [-0.25, -0.2) is 17.5 Å². The van der Waals surface area contributed by atoms with Gasteiger partial charge in [0.05, 0.1) is 12.8 Å². The molecule has 1 N–H and O–H groups in total. The Morgan fingerprint density at radius 1 is 1.41 bits per heavy atom. The predicted molar refractivity (Wildman–Crippen MR) is 76.6 cm³/mol. The number of alkyl halides is 1. The predicted octanol–water partition coefficient (Wildman–Crippen LogP) is 0.965. The number of sulfonamides is 1. The highest BCUT2D eigenvalue weighted by atomic mass is 32.2. The molecule has 1 fully saturated rings. The van der Waals surface area contributed by atoms with E-state index in [4.69, 9.17) is 4.42 Å². The van der Waals surface area contributed by atoms with Gasteiger partial charge in [-0.1, -0.05) is 0 Å². The lowest BCUT2D eigenvalue weighted by Crippen LogP contribution is -2.40. The van der Waals surface area contributed by atoms with Crippen molar-refractivity contribution in [3.8, 4) is 0 Å². The summed E-state index contributed by atoms with van der Waals surface area (Å²) in [6, 6.07) is 5.96. The van der Waals surface area contributed by atoms with E-state index in [0.29, 0.717) is 5.82 Å². The summed E-state index contributed by atoms with van der Waals surface area (Å²) in [6.45, 7) is 0.242. The van der Waals surface area contributed by atoms with Crippen molar-refractivity contribution in [2.24, 2.45) is 0 Å². The second kappa shape index (κ2) is 6.01. The van der Waals surface area contributed by atoms with E-state index in [1.807, 2.05) is 0 Å². The molecule has 0 saturated carbocycles. The van der Waals surface area contributed by atoms with Gasteiger partial charge < -0.3 is 9.32 Å². The van der Waals surface area contributed by atoms with Crippen molar-refractivity contribution in [1.82, 2.24) is 14.9 Å². The van der Waals surface area contributed by atoms with Crippen LogP contribution in [0.5, 0.6) is 0 Å². The Kier molecular flexibility index (Phi) is 4.08. The first-order chi connectivity index (χ1) is 10.6. The number of nitrogens with zero attached hydrogens (tertiary/aromatic N) is 3. The smallest absolute Gasteiger partial charge is 0.274 e. The number of halogens is 1. The van der Waals surface area contributed by atoms with Crippen molar-refractivity contribution in [1.29, 1.82) is 0 Å². The van der Waals surface area contributed by atoms with Crippen molar-refractivity contribution in [2.75, 3.05) is 18.0 Å². The normalized spacial score (nSPS) is 22.1. The molecule has 7 nitrogen and oxygen atoms in total. The maximum absolute atomic E-state index is 13.7. The van der Waals surface area contributed by atoms with E-state index in [-0.39, 0.29) is 30.6 Å². The number of hydrogen-bond donors (Lipinski definition) is 1. The molecular formula is C13H15FN4O3S. The van der Waals surface area contributed by atoms with E-state index in [0.717, 1.165) is 0 Å². The molecule has 1 aliphatic rings. The van der Waals surface area contributed by atoms with Crippen LogP contribution in [0.2, 0.25) is 0 Å². The molecule has 0 bridgehead atoms. The molecule has 2 aromatic rings. The second-order valence-corrected chi connectivity index (χ2v) is 6.70. The van der Waals surface area contributed by atoms with Crippen LogP contribution in [0.25, 0.3) is 0 Å². The fourth-order valence-corrected chi connectivity index (χ4v) is 3.47. The number of rotatable bonds is 5. The van der Waals surface area contributed by atoms with Gasteiger partial charge in [0.1, 0.15) is 6.17 Å². The molecule has 2 aromatic heterocycles. The summed E-state index contributed by atoms with van der Waals surface area (Å²) < 4.78 is 45.1. The van der Waals surface area contributed by atoms with Gasteiger partial charge in [-0.05, 0) is 24.3 Å². The van der Waals surface area contributed by atoms with Crippen molar-refractivity contribution < 1.29 is 17.2 Å². The van der Waals surface area contributed by atoms with Gasteiger partial charge in [0, 0.05) is 25.2 Å². The Morgan fingerprint density at radius 2 is 2.27 bits per heavy atom. The van der Waals surface area contributed by atoms with Crippen LogP contribution in [-0.2, 0) is 10.0 Å². The Balaban J connectivity index is 1.71. The molecule has 1 saturated heterocycles. The van der Waals surface area contributed by atoms with Crippen LogP contribution in [-0.4, -0.2) is 43.9 Å². The Labute approximate surface area is 127 Å². The molecule has 0 radical (unpaired) electrons. The lowest BCUT2D eigenvalue weighted by molar-refractivity contribution is 0.355. The van der Waals surface area contributed by atoms with E-state index in [1.54, 1.807) is 17.0 Å². The minimum absolute atomic E-state index is 0.0695. The maximum Gasteiger partial charge on any atom is 0.274 e. The van der Waals surface area contributed by atoms with E-state index in [1.165, 1.54) is 24.6 Å². The first-order valence-electron chi connectivity index (χ1n) is 6.78. The summed E-state index contributed by atoms with van der Waals surface area (Å²) in [5, 5.41) is 7.56. The summed E-state index contributed by atoms with van der Waals surface area (Å²) in [4.78, 5) is 1.72. The van der Waals surface area contributed by atoms with Gasteiger partial charge in [0.25, 0.3) is 10.0 Å². The highest BCUT2D eigenvalue weighted by Crippen LogP contribution is 2.25. The zero-order chi connectivity index (χ0) is 15.6. The molecule has 3 heterocycles. The number of nitrogens with one attached hydrogen (secondary N) is 1. The largest absolute Gasteiger partial charge is 0.452 e. The number of hydrogen-bond acceptors (Lipinski definition) is 6. The quantitative estimate of drug-likeness (QED) is 0.880. The van der Waals surface area contributed by atoms with E-state index >= 15 is 0 Å². The molecule has 2 atom stereocenters. The number of aromatic nitrogens is 2. The Morgan fingerprint density at radius 3 is 2.95 bits per heavy atom.